The topological polar surface area (TPSA) is 87.7 Å². The standard InChI is InChI=1S/C32H53N3O4/c1-11-13-14-15-16-20-35(29(37)26(21-23(3)4)33-30(38)39-32(8,9)10)27(28(36)34-31(5,6)7)25-19-17-18-24(12-2)22-25/h12,17-19,22-23,26-27H,2,11,13-16,20-21H2,1,3-10H3,(H,33,38)(H,34,36). The molecular weight excluding hydrogens is 490 g/mol. The molecular formula is C32H53N3O4. The lowest BCUT2D eigenvalue weighted by atomic mass is 9.96. The number of alkyl carbamates (subject to hydrolysis) is 1. The van der Waals surface area contributed by atoms with E-state index >= 15 is 0 Å². The van der Waals surface area contributed by atoms with Crippen molar-refractivity contribution in [3.05, 3.63) is 42.0 Å². The summed E-state index contributed by atoms with van der Waals surface area (Å²) in [5, 5.41) is 5.89. The Hall–Kier alpha value is -2.83. The minimum atomic E-state index is -0.863. The number of unbranched alkanes of at least 4 members (excludes halogenated alkanes) is 4. The Kier molecular flexibility index (Phi) is 13.8. The first-order valence-corrected chi connectivity index (χ1v) is 14.4. The van der Waals surface area contributed by atoms with Gasteiger partial charge in [0.15, 0.2) is 0 Å². The first-order chi connectivity index (χ1) is 18.1. The zero-order valence-electron chi connectivity index (χ0n) is 25.9. The molecule has 1 aromatic carbocycles. The number of carbonyl (C=O) groups excluding carboxylic acids is 3. The predicted octanol–water partition coefficient (Wildman–Crippen LogP) is 7.02. The van der Waals surface area contributed by atoms with Crippen molar-refractivity contribution in [3.63, 3.8) is 0 Å². The van der Waals surface area contributed by atoms with Gasteiger partial charge in [-0.2, -0.15) is 0 Å². The van der Waals surface area contributed by atoms with E-state index in [2.05, 4.69) is 24.1 Å². The van der Waals surface area contributed by atoms with Crippen LogP contribution >= 0.6 is 0 Å². The van der Waals surface area contributed by atoms with Crippen molar-refractivity contribution in [1.82, 2.24) is 15.5 Å². The summed E-state index contributed by atoms with van der Waals surface area (Å²) in [6.07, 6.45) is 6.52. The van der Waals surface area contributed by atoms with Crippen molar-refractivity contribution in [1.29, 1.82) is 0 Å². The highest BCUT2D eigenvalue weighted by Gasteiger charge is 2.37. The zero-order valence-corrected chi connectivity index (χ0v) is 25.9. The van der Waals surface area contributed by atoms with Crippen LogP contribution in [-0.4, -0.2) is 46.5 Å². The van der Waals surface area contributed by atoms with Gasteiger partial charge in [0.25, 0.3) is 0 Å². The van der Waals surface area contributed by atoms with E-state index in [9.17, 15) is 14.4 Å². The number of hydrogen-bond acceptors (Lipinski definition) is 4. The highest BCUT2D eigenvalue weighted by atomic mass is 16.6. The molecule has 0 bridgehead atoms. The van der Waals surface area contributed by atoms with Crippen LogP contribution in [0.5, 0.6) is 0 Å². The molecule has 2 unspecified atom stereocenters. The van der Waals surface area contributed by atoms with Gasteiger partial charge in [-0.1, -0.05) is 77.3 Å². The smallest absolute Gasteiger partial charge is 0.408 e. The first-order valence-electron chi connectivity index (χ1n) is 14.4. The average Bonchev–Trinajstić information content (AvgIpc) is 2.79. The quantitative estimate of drug-likeness (QED) is 0.247. The van der Waals surface area contributed by atoms with Crippen molar-refractivity contribution in [2.24, 2.45) is 5.92 Å². The number of hydrogen-bond donors (Lipinski definition) is 2. The molecule has 1 rings (SSSR count). The Morgan fingerprint density at radius 3 is 2.21 bits per heavy atom. The zero-order chi connectivity index (χ0) is 29.8. The number of ether oxygens (including phenoxy) is 1. The van der Waals surface area contributed by atoms with E-state index in [-0.39, 0.29) is 17.7 Å². The third kappa shape index (κ3) is 13.2. The SMILES string of the molecule is C=Cc1cccc(C(C(=O)NC(C)(C)C)N(CCCCCCC)C(=O)C(CC(C)C)NC(=O)OC(C)(C)C)c1. The normalized spacial score (nSPS) is 13.4. The molecule has 0 aliphatic carbocycles. The van der Waals surface area contributed by atoms with E-state index < -0.39 is 29.3 Å². The first kappa shape index (κ1) is 34.2. The van der Waals surface area contributed by atoms with Gasteiger partial charge in [-0.25, -0.2) is 4.79 Å². The molecule has 0 spiro atoms. The summed E-state index contributed by atoms with van der Waals surface area (Å²) in [7, 11) is 0. The van der Waals surface area contributed by atoms with Crippen LogP contribution in [0, 0.1) is 5.92 Å². The van der Waals surface area contributed by atoms with Crippen molar-refractivity contribution in [2.45, 2.75) is 124 Å². The maximum Gasteiger partial charge on any atom is 0.408 e. The Balaban J connectivity index is 3.56. The van der Waals surface area contributed by atoms with Gasteiger partial charge in [0.1, 0.15) is 17.7 Å². The summed E-state index contributed by atoms with van der Waals surface area (Å²) < 4.78 is 5.48. The second-order valence-electron chi connectivity index (χ2n) is 12.8. The molecule has 0 fully saturated rings. The summed E-state index contributed by atoms with van der Waals surface area (Å²) in [5.41, 5.74) is 0.376. The van der Waals surface area contributed by atoms with Crippen LogP contribution in [0.1, 0.15) is 118 Å². The molecule has 0 heterocycles. The van der Waals surface area contributed by atoms with Gasteiger partial charge in [0.2, 0.25) is 11.8 Å². The molecule has 0 aliphatic rings. The fraction of sp³-hybridized carbons (Fsp3) is 0.656. The fourth-order valence-corrected chi connectivity index (χ4v) is 4.36. The Bertz CT molecular complexity index is 943. The van der Waals surface area contributed by atoms with Crippen LogP contribution in [0.15, 0.2) is 30.8 Å². The van der Waals surface area contributed by atoms with Gasteiger partial charge in [0, 0.05) is 12.1 Å². The van der Waals surface area contributed by atoms with Crippen LogP contribution < -0.4 is 10.6 Å². The summed E-state index contributed by atoms with van der Waals surface area (Å²) in [5.74, 6) is -0.416. The van der Waals surface area contributed by atoms with Crippen molar-refractivity contribution < 1.29 is 19.1 Å². The largest absolute Gasteiger partial charge is 0.444 e. The second-order valence-corrected chi connectivity index (χ2v) is 12.8. The summed E-state index contributed by atoms with van der Waals surface area (Å²) in [4.78, 5) is 42.6. The van der Waals surface area contributed by atoms with Gasteiger partial charge in [-0.3, -0.25) is 9.59 Å². The Morgan fingerprint density at radius 2 is 1.67 bits per heavy atom. The van der Waals surface area contributed by atoms with Gasteiger partial charge in [0.05, 0.1) is 0 Å². The summed E-state index contributed by atoms with van der Waals surface area (Å²) >= 11 is 0. The van der Waals surface area contributed by atoms with Gasteiger partial charge in [-0.15, -0.1) is 0 Å². The number of nitrogens with one attached hydrogen (secondary N) is 2. The third-order valence-electron chi connectivity index (χ3n) is 6.00. The summed E-state index contributed by atoms with van der Waals surface area (Å²) in [6.45, 7) is 21.6. The maximum absolute atomic E-state index is 14.3. The predicted molar refractivity (Wildman–Crippen MR) is 160 cm³/mol. The maximum atomic E-state index is 14.3. The monoisotopic (exact) mass is 543 g/mol. The molecule has 0 aliphatic heterocycles. The Labute approximate surface area is 237 Å². The van der Waals surface area contributed by atoms with Crippen LogP contribution in [0.4, 0.5) is 4.79 Å². The van der Waals surface area contributed by atoms with Crippen molar-refractivity contribution in [3.8, 4) is 0 Å². The van der Waals surface area contributed by atoms with Crippen LogP contribution in [0.2, 0.25) is 0 Å². The Morgan fingerprint density at radius 1 is 1.03 bits per heavy atom. The second kappa shape index (κ2) is 15.7. The molecule has 7 nitrogen and oxygen atoms in total. The van der Waals surface area contributed by atoms with Crippen molar-refractivity contribution in [2.75, 3.05) is 6.54 Å². The molecule has 7 heteroatoms. The number of carbonyl (C=O) groups is 3. The molecule has 0 aromatic heterocycles. The lowest BCUT2D eigenvalue weighted by Crippen LogP contribution is -2.55. The lowest BCUT2D eigenvalue weighted by molar-refractivity contribution is -0.143. The number of benzene rings is 1. The molecule has 0 radical (unpaired) electrons. The van der Waals surface area contributed by atoms with E-state index in [0.717, 1.165) is 37.7 Å². The molecule has 220 valence electrons. The van der Waals surface area contributed by atoms with E-state index in [1.807, 2.05) is 58.9 Å². The van der Waals surface area contributed by atoms with Crippen LogP contribution in [-0.2, 0) is 14.3 Å². The lowest BCUT2D eigenvalue weighted by Gasteiger charge is -2.36. The van der Waals surface area contributed by atoms with E-state index in [0.29, 0.717) is 18.5 Å². The number of rotatable bonds is 14. The molecule has 2 atom stereocenters. The average molecular weight is 544 g/mol. The molecule has 2 N–H and O–H groups in total. The molecule has 39 heavy (non-hydrogen) atoms. The van der Waals surface area contributed by atoms with E-state index in [4.69, 9.17) is 4.74 Å². The molecule has 0 saturated heterocycles. The van der Waals surface area contributed by atoms with E-state index in [1.165, 1.54) is 0 Å². The minimum Gasteiger partial charge on any atom is -0.444 e. The van der Waals surface area contributed by atoms with E-state index in [1.54, 1.807) is 31.7 Å². The molecule has 0 saturated carbocycles. The van der Waals surface area contributed by atoms with Crippen LogP contribution in [0.25, 0.3) is 6.08 Å². The highest BCUT2D eigenvalue weighted by Crippen LogP contribution is 2.27. The number of nitrogens with zero attached hydrogens (tertiary/aromatic N) is 1. The van der Waals surface area contributed by atoms with Gasteiger partial charge in [-0.05, 0) is 77.5 Å². The fourth-order valence-electron chi connectivity index (χ4n) is 4.36. The van der Waals surface area contributed by atoms with Gasteiger partial charge >= 0.3 is 6.09 Å². The van der Waals surface area contributed by atoms with Gasteiger partial charge < -0.3 is 20.3 Å². The van der Waals surface area contributed by atoms with Crippen LogP contribution in [0.3, 0.4) is 0 Å². The molecule has 3 amide bonds. The third-order valence-corrected chi connectivity index (χ3v) is 6.00. The highest BCUT2D eigenvalue weighted by molar-refractivity contribution is 5.92. The molecule has 1 aromatic rings. The van der Waals surface area contributed by atoms with Crippen molar-refractivity contribution >= 4 is 24.0 Å². The summed E-state index contributed by atoms with van der Waals surface area (Å²) in [6, 6.07) is 5.86. The number of amides is 3. The minimum absolute atomic E-state index is 0.131.